The molecule has 35 heavy (non-hydrogen) atoms. The Hall–Kier alpha value is -3.32. The fourth-order valence-corrected chi connectivity index (χ4v) is 4.61. The van der Waals surface area contributed by atoms with Gasteiger partial charge in [0.1, 0.15) is 5.76 Å². The highest BCUT2D eigenvalue weighted by molar-refractivity contribution is 6.46. The summed E-state index contributed by atoms with van der Waals surface area (Å²) in [5.74, 6) is -0.405. The molecule has 0 aromatic heterocycles. The molecule has 0 spiro atoms. The van der Waals surface area contributed by atoms with Gasteiger partial charge in [-0.25, -0.2) is 0 Å². The van der Waals surface area contributed by atoms with Crippen molar-refractivity contribution in [3.8, 4) is 11.5 Å². The van der Waals surface area contributed by atoms with Crippen molar-refractivity contribution in [2.24, 2.45) is 0 Å². The second-order valence-corrected chi connectivity index (χ2v) is 9.96. The van der Waals surface area contributed by atoms with E-state index in [1.807, 2.05) is 24.3 Å². The maximum absolute atomic E-state index is 13.3. The third-order valence-electron chi connectivity index (χ3n) is 6.83. The number of aliphatic hydroxyl groups is 1. The standard InChI is InChI=1S/C28H34N2O5/c1-6-29(7-2)14-15-30-24(18-8-11-20(12-9-18)28(3,4)5)23(26(32)27(30)33)25(31)19-10-13-21-22(16-19)35-17-34-21/h8-13,16,24,31H,6-7,14-15,17H2,1-5H3/b25-23+. The second kappa shape index (κ2) is 9.74. The maximum atomic E-state index is 13.3. The van der Waals surface area contributed by atoms with Crippen molar-refractivity contribution < 1.29 is 24.2 Å². The highest BCUT2D eigenvalue weighted by Gasteiger charge is 2.46. The lowest BCUT2D eigenvalue weighted by atomic mass is 9.85. The molecule has 2 aromatic rings. The van der Waals surface area contributed by atoms with Crippen LogP contribution in [-0.4, -0.2) is 59.6 Å². The zero-order valence-corrected chi connectivity index (χ0v) is 21.1. The van der Waals surface area contributed by atoms with Crippen LogP contribution < -0.4 is 9.47 Å². The van der Waals surface area contributed by atoms with Gasteiger partial charge in [-0.2, -0.15) is 0 Å². The van der Waals surface area contributed by atoms with Crippen molar-refractivity contribution in [3.63, 3.8) is 0 Å². The molecule has 0 bridgehead atoms. The summed E-state index contributed by atoms with van der Waals surface area (Å²) in [4.78, 5) is 30.3. The Morgan fingerprint density at radius 2 is 1.69 bits per heavy atom. The topological polar surface area (TPSA) is 79.3 Å². The first-order chi connectivity index (χ1) is 16.7. The summed E-state index contributed by atoms with van der Waals surface area (Å²) in [7, 11) is 0. The number of benzene rings is 2. The summed E-state index contributed by atoms with van der Waals surface area (Å²) >= 11 is 0. The molecule has 2 aliphatic heterocycles. The number of likely N-dealkylation sites (tertiary alicyclic amines) is 1. The number of aliphatic hydroxyl groups excluding tert-OH is 1. The van der Waals surface area contributed by atoms with Gasteiger partial charge in [-0.15, -0.1) is 0 Å². The molecule has 1 fully saturated rings. The number of ether oxygens (including phenoxy) is 2. The average Bonchev–Trinajstić information content (AvgIpc) is 3.41. The number of hydrogen-bond donors (Lipinski definition) is 1. The average molecular weight is 479 g/mol. The Bertz CT molecular complexity index is 1140. The predicted octanol–water partition coefficient (Wildman–Crippen LogP) is 4.48. The first-order valence-corrected chi connectivity index (χ1v) is 12.2. The Morgan fingerprint density at radius 1 is 1.03 bits per heavy atom. The zero-order valence-electron chi connectivity index (χ0n) is 21.1. The molecule has 1 unspecified atom stereocenters. The number of nitrogens with zero attached hydrogens (tertiary/aromatic N) is 2. The highest BCUT2D eigenvalue weighted by Crippen LogP contribution is 2.41. The van der Waals surface area contributed by atoms with Crippen LogP contribution in [0.25, 0.3) is 5.76 Å². The van der Waals surface area contributed by atoms with Crippen molar-refractivity contribution in [2.45, 2.75) is 46.1 Å². The Kier molecular flexibility index (Phi) is 6.90. The molecule has 2 heterocycles. The van der Waals surface area contributed by atoms with Crippen LogP contribution in [0.2, 0.25) is 0 Å². The SMILES string of the molecule is CCN(CC)CCN1C(=O)C(=O)/C(=C(/O)c2ccc3c(c2)OCO3)C1c1ccc(C(C)(C)C)cc1. The summed E-state index contributed by atoms with van der Waals surface area (Å²) in [6.07, 6.45) is 0. The maximum Gasteiger partial charge on any atom is 0.295 e. The fraction of sp³-hybridized carbons (Fsp3) is 0.429. The number of amides is 1. The minimum absolute atomic E-state index is 0.0322. The third kappa shape index (κ3) is 4.78. The normalized spacial score (nSPS) is 19.1. The quantitative estimate of drug-likeness (QED) is 0.359. The Labute approximate surface area is 206 Å². The summed E-state index contributed by atoms with van der Waals surface area (Å²) in [6, 6.07) is 12.3. The lowest BCUT2D eigenvalue weighted by Gasteiger charge is -2.28. The minimum Gasteiger partial charge on any atom is -0.507 e. The van der Waals surface area contributed by atoms with Crippen LogP contribution in [0.4, 0.5) is 0 Å². The number of ketones is 1. The van der Waals surface area contributed by atoms with E-state index >= 15 is 0 Å². The smallest absolute Gasteiger partial charge is 0.295 e. The number of carbonyl (C=O) groups excluding carboxylic acids is 2. The zero-order chi connectivity index (χ0) is 25.3. The van der Waals surface area contributed by atoms with E-state index in [-0.39, 0.29) is 23.5 Å². The first kappa shape index (κ1) is 24.8. The fourth-order valence-electron chi connectivity index (χ4n) is 4.61. The molecule has 2 aliphatic rings. The number of likely N-dealkylation sites (N-methyl/N-ethyl adjacent to an activating group) is 1. The van der Waals surface area contributed by atoms with E-state index in [1.165, 1.54) is 0 Å². The molecular formula is C28H34N2O5. The van der Waals surface area contributed by atoms with Gasteiger partial charge in [0.15, 0.2) is 11.5 Å². The van der Waals surface area contributed by atoms with Crippen LogP contribution >= 0.6 is 0 Å². The van der Waals surface area contributed by atoms with E-state index in [0.717, 1.165) is 24.2 Å². The van der Waals surface area contributed by atoms with Gasteiger partial charge in [0.05, 0.1) is 11.6 Å². The predicted molar refractivity (Wildman–Crippen MR) is 135 cm³/mol. The van der Waals surface area contributed by atoms with Crippen LogP contribution in [0, 0.1) is 0 Å². The molecule has 1 saturated heterocycles. The van der Waals surface area contributed by atoms with E-state index in [1.54, 1.807) is 23.1 Å². The Morgan fingerprint density at radius 3 is 2.31 bits per heavy atom. The van der Waals surface area contributed by atoms with Crippen LogP contribution in [-0.2, 0) is 15.0 Å². The minimum atomic E-state index is -0.676. The number of fused-ring (bicyclic) bond motifs is 1. The van der Waals surface area contributed by atoms with Gasteiger partial charge in [0.2, 0.25) is 6.79 Å². The highest BCUT2D eigenvalue weighted by atomic mass is 16.7. The monoisotopic (exact) mass is 478 g/mol. The van der Waals surface area contributed by atoms with Crippen molar-refractivity contribution >= 4 is 17.4 Å². The first-order valence-electron chi connectivity index (χ1n) is 12.2. The number of rotatable bonds is 7. The summed E-state index contributed by atoms with van der Waals surface area (Å²) < 4.78 is 10.8. The van der Waals surface area contributed by atoms with Crippen LogP contribution in [0.1, 0.15) is 57.4 Å². The lowest BCUT2D eigenvalue weighted by Crippen LogP contribution is -2.38. The van der Waals surface area contributed by atoms with E-state index in [2.05, 4.69) is 39.5 Å². The van der Waals surface area contributed by atoms with Crippen LogP contribution in [0.3, 0.4) is 0 Å². The van der Waals surface area contributed by atoms with Crippen LogP contribution in [0.5, 0.6) is 11.5 Å². The van der Waals surface area contributed by atoms with Gasteiger partial charge in [-0.3, -0.25) is 9.59 Å². The largest absolute Gasteiger partial charge is 0.507 e. The van der Waals surface area contributed by atoms with Crippen LogP contribution in [0.15, 0.2) is 48.0 Å². The molecular weight excluding hydrogens is 444 g/mol. The summed E-state index contributed by atoms with van der Waals surface area (Å²) in [6.45, 7) is 13.4. The van der Waals surface area contributed by atoms with Gasteiger partial charge in [-0.05, 0) is 47.8 Å². The van der Waals surface area contributed by atoms with E-state index in [0.29, 0.717) is 30.2 Å². The van der Waals surface area contributed by atoms with Gasteiger partial charge in [0.25, 0.3) is 11.7 Å². The van der Waals surface area contributed by atoms with Crippen molar-refractivity contribution in [1.82, 2.24) is 9.80 Å². The number of hydrogen-bond acceptors (Lipinski definition) is 6. The van der Waals surface area contributed by atoms with E-state index < -0.39 is 17.7 Å². The number of carbonyl (C=O) groups is 2. The molecule has 4 rings (SSSR count). The summed E-state index contributed by atoms with van der Waals surface area (Å²) in [5.41, 5.74) is 2.41. The lowest BCUT2D eigenvalue weighted by molar-refractivity contribution is -0.140. The van der Waals surface area contributed by atoms with Crippen molar-refractivity contribution in [1.29, 1.82) is 0 Å². The van der Waals surface area contributed by atoms with E-state index in [9.17, 15) is 14.7 Å². The van der Waals surface area contributed by atoms with Crippen molar-refractivity contribution in [3.05, 3.63) is 64.7 Å². The molecule has 1 N–H and O–H groups in total. The molecule has 1 amide bonds. The Balaban J connectivity index is 1.79. The molecule has 0 radical (unpaired) electrons. The molecule has 1 atom stereocenters. The molecule has 0 saturated carbocycles. The van der Waals surface area contributed by atoms with Gasteiger partial charge < -0.3 is 24.4 Å². The molecule has 0 aliphatic carbocycles. The third-order valence-corrected chi connectivity index (χ3v) is 6.83. The van der Waals surface area contributed by atoms with Gasteiger partial charge in [-0.1, -0.05) is 58.9 Å². The van der Waals surface area contributed by atoms with E-state index in [4.69, 9.17) is 9.47 Å². The molecule has 7 nitrogen and oxygen atoms in total. The summed E-state index contributed by atoms with van der Waals surface area (Å²) in [5, 5.41) is 11.3. The van der Waals surface area contributed by atoms with Gasteiger partial charge >= 0.3 is 0 Å². The number of Topliss-reactive ketones (excluding diaryl/α,β-unsaturated/α-hetero) is 1. The van der Waals surface area contributed by atoms with Crippen molar-refractivity contribution in [2.75, 3.05) is 33.0 Å². The molecule has 7 heteroatoms. The van der Waals surface area contributed by atoms with Gasteiger partial charge in [0, 0.05) is 18.7 Å². The molecule has 2 aromatic carbocycles. The molecule has 186 valence electrons. The second-order valence-electron chi connectivity index (χ2n) is 9.96.